The molecule has 0 atom stereocenters. The molecular weight excluding hydrogens is 354 g/mol. The third-order valence-electron chi connectivity index (χ3n) is 4.37. The van der Waals surface area contributed by atoms with Gasteiger partial charge in [-0.25, -0.2) is 0 Å². The minimum Gasteiger partial charge on any atom is -0.466 e. The second-order valence-corrected chi connectivity index (χ2v) is 8.73. The highest BCUT2D eigenvalue weighted by molar-refractivity contribution is 8.01. The highest BCUT2D eigenvalue weighted by Crippen LogP contribution is 2.43. The Hall–Kier alpha value is -1.60. The van der Waals surface area contributed by atoms with Crippen LogP contribution in [0.25, 0.3) is 0 Å². The van der Waals surface area contributed by atoms with Gasteiger partial charge in [0.2, 0.25) is 5.91 Å². The number of hydrogen-bond donors (Lipinski definition) is 1. The number of aromatic nitrogens is 2. The van der Waals surface area contributed by atoms with Gasteiger partial charge in [-0.05, 0) is 43.6 Å². The Labute approximate surface area is 156 Å². The zero-order valence-corrected chi connectivity index (χ0v) is 16.2. The van der Waals surface area contributed by atoms with Crippen LogP contribution in [0, 0.1) is 0 Å². The van der Waals surface area contributed by atoms with E-state index in [-0.39, 0.29) is 17.4 Å². The molecule has 1 aromatic carbocycles. The molecule has 1 fully saturated rings. The van der Waals surface area contributed by atoms with E-state index in [0.29, 0.717) is 17.5 Å². The van der Waals surface area contributed by atoms with Gasteiger partial charge in [-0.2, -0.15) is 0 Å². The Morgan fingerprint density at radius 2 is 2.08 bits per heavy atom. The Bertz CT molecular complexity index is 699. The van der Waals surface area contributed by atoms with Gasteiger partial charge in [0.05, 0.1) is 11.9 Å². The fraction of sp³-hybridized carbons (Fsp3) is 0.500. The number of amides is 1. The van der Waals surface area contributed by atoms with Crippen molar-refractivity contribution < 1.29 is 9.53 Å². The summed E-state index contributed by atoms with van der Waals surface area (Å²) < 4.78 is 6.25. The molecule has 7 heteroatoms. The van der Waals surface area contributed by atoms with Crippen LogP contribution in [0.1, 0.15) is 38.7 Å². The summed E-state index contributed by atoms with van der Waals surface area (Å²) in [7, 11) is 0. The van der Waals surface area contributed by atoms with Crippen LogP contribution in [-0.4, -0.2) is 34.5 Å². The lowest BCUT2D eigenvalue weighted by Crippen LogP contribution is -2.46. The molecule has 5 nitrogen and oxygen atoms in total. The molecule has 2 aromatic rings. The van der Waals surface area contributed by atoms with Crippen LogP contribution < -0.4 is 10.1 Å². The molecule has 134 valence electrons. The van der Waals surface area contributed by atoms with Crippen molar-refractivity contribution in [3.63, 3.8) is 0 Å². The van der Waals surface area contributed by atoms with E-state index >= 15 is 0 Å². The number of hydrogen-bond acceptors (Lipinski definition) is 6. The van der Waals surface area contributed by atoms with Gasteiger partial charge in [-0.1, -0.05) is 53.6 Å². The molecule has 3 rings (SSSR count). The van der Waals surface area contributed by atoms with Crippen LogP contribution >= 0.6 is 23.1 Å². The Morgan fingerprint density at radius 3 is 2.72 bits per heavy atom. The van der Waals surface area contributed by atoms with E-state index in [1.54, 1.807) is 0 Å². The number of benzene rings is 1. The molecule has 1 aliphatic rings. The van der Waals surface area contributed by atoms with Gasteiger partial charge >= 0.3 is 0 Å². The molecule has 0 spiro atoms. The Kier molecular flexibility index (Phi) is 5.96. The van der Waals surface area contributed by atoms with Gasteiger partial charge in [-0.3, -0.25) is 4.79 Å². The fourth-order valence-electron chi connectivity index (χ4n) is 2.91. The first-order chi connectivity index (χ1) is 12.1. The minimum absolute atomic E-state index is 0.0359. The van der Waals surface area contributed by atoms with Crippen molar-refractivity contribution in [1.29, 1.82) is 0 Å². The molecular formula is C18H23N3O2S2. The van der Waals surface area contributed by atoms with Crippen LogP contribution in [-0.2, 0) is 10.2 Å². The molecule has 0 bridgehead atoms. The van der Waals surface area contributed by atoms with Crippen LogP contribution in [0.15, 0.2) is 34.7 Å². The van der Waals surface area contributed by atoms with Crippen molar-refractivity contribution in [3.05, 3.63) is 35.9 Å². The topological polar surface area (TPSA) is 64.1 Å². The van der Waals surface area contributed by atoms with E-state index in [9.17, 15) is 4.79 Å². The van der Waals surface area contributed by atoms with E-state index in [1.807, 2.05) is 19.9 Å². The summed E-state index contributed by atoms with van der Waals surface area (Å²) in [4.78, 5) is 12.2. The normalized spacial score (nSPS) is 15.6. The van der Waals surface area contributed by atoms with Gasteiger partial charge in [0.1, 0.15) is 0 Å². The van der Waals surface area contributed by atoms with Gasteiger partial charge in [0.15, 0.2) is 4.34 Å². The third-order valence-corrected chi connectivity index (χ3v) is 6.32. The second-order valence-electron chi connectivity index (χ2n) is 6.57. The fourth-order valence-corrected chi connectivity index (χ4v) is 4.55. The number of rotatable bonds is 8. The lowest BCUT2D eigenvalue weighted by Gasteiger charge is -2.42. The molecule has 1 N–H and O–H groups in total. The zero-order valence-electron chi connectivity index (χ0n) is 14.5. The molecule has 1 amide bonds. The monoisotopic (exact) mass is 377 g/mol. The SMILES string of the molecule is CC(C)Oc1nnc(SCC(=O)NCC2(c3ccccc3)CCC2)s1. The summed E-state index contributed by atoms with van der Waals surface area (Å²) in [6, 6.07) is 10.5. The Balaban J connectivity index is 1.47. The molecule has 1 heterocycles. The van der Waals surface area contributed by atoms with Crippen molar-refractivity contribution in [2.75, 3.05) is 12.3 Å². The number of thioether (sulfide) groups is 1. The predicted molar refractivity (Wildman–Crippen MR) is 101 cm³/mol. The third kappa shape index (κ3) is 4.73. The first kappa shape index (κ1) is 18.2. The van der Waals surface area contributed by atoms with Crippen molar-refractivity contribution in [2.24, 2.45) is 0 Å². The lowest BCUT2D eigenvalue weighted by atomic mass is 9.64. The van der Waals surface area contributed by atoms with Gasteiger partial charge in [0, 0.05) is 12.0 Å². The van der Waals surface area contributed by atoms with Crippen molar-refractivity contribution in [2.45, 2.75) is 49.0 Å². The van der Waals surface area contributed by atoms with E-state index in [0.717, 1.165) is 17.2 Å². The number of ether oxygens (including phenoxy) is 1. The average Bonchev–Trinajstić information content (AvgIpc) is 2.99. The van der Waals surface area contributed by atoms with Crippen LogP contribution in [0.5, 0.6) is 5.19 Å². The molecule has 0 aliphatic heterocycles. The van der Waals surface area contributed by atoms with E-state index < -0.39 is 0 Å². The summed E-state index contributed by atoms with van der Waals surface area (Å²) in [6.45, 7) is 4.60. The van der Waals surface area contributed by atoms with Crippen molar-refractivity contribution in [3.8, 4) is 5.19 Å². The van der Waals surface area contributed by atoms with E-state index in [4.69, 9.17) is 4.74 Å². The molecule has 0 saturated heterocycles. The summed E-state index contributed by atoms with van der Waals surface area (Å²) in [6.07, 6.45) is 3.57. The second kappa shape index (κ2) is 8.19. The number of carbonyl (C=O) groups excluding carboxylic acids is 1. The van der Waals surface area contributed by atoms with Crippen molar-refractivity contribution in [1.82, 2.24) is 15.5 Å². The molecule has 1 aromatic heterocycles. The minimum atomic E-state index is 0.0359. The van der Waals surface area contributed by atoms with E-state index in [2.05, 4.69) is 39.8 Å². The van der Waals surface area contributed by atoms with Crippen LogP contribution in [0.4, 0.5) is 0 Å². The maximum absolute atomic E-state index is 12.2. The van der Waals surface area contributed by atoms with Crippen molar-refractivity contribution >= 4 is 29.0 Å². The Morgan fingerprint density at radius 1 is 1.32 bits per heavy atom. The predicted octanol–water partition coefficient (Wildman–Crippen LogP) is 3.66. The average molecular weight is 378 g/mol. The first-order valence-corrected chi connectivity index (χ1v) is 10.3. The molecule has 0 radical (unpaired) electrons. The number of carbonyl (C=O) groups is 1. The number of nitrogens with zero attached hydrogens (tertiary/aromatic N) is 2. The molecule has 25 heavy (non-hydrogen) atoms. The maximum atomic E-state index is 12.2. The van der Waals surface area contributed by atoms with Crippen LogP contribution in [0.3, 0.4) is 0 Å². The smallest absolute Gasteiger partial charge is 0.295 e. The zero-order chi connectivity index (χ0) is 17.7. The van der Waals surface area contributed by atoms with E-state index in [1.165, 1.54) is 35.1 Å². The lowest BCUT2D eigenvalue weighted by molar-refractivity contribution is -0.119. The summed E-state index contributed by atoms with van der Waals surface area (Å²) >= 11 is 2.78. The summed E-state index contributed by atoms with van der Waals surface area (Å²) in [5, 5.41) is 11.7. The number of nitrogens with one attached hydrogen (secondary N) is 1. The van der Waals surface area contributed by atoms with Gasteiger partial charge < -0.3 is 10.1 Å². The summed E-state index contributed by atoms with van der Waals surface area (Å²) in [5.74, 6) is 0.384. The van der Waals surface area contributed by atoms with Gasteiger partial charge in [0.25, 0.3) is 5.19 Å². The molecule has 1 aliphatic carbocycles. The quantitative estimate of drug-likeness (QED) is 0.711. The molecule has 0 unspecified atom stereocenters. The van der Waals surface area contributed by atoms with Crippen LogP contribution in [0.2, 0.25) is 0 Å². The highest BCUT2D eigenvalue weighted by Gasteiger charge is 2.38. The summed E-state index contributed by atoms with van der Waals surface area (Å²) in [5.41, 5.74) is 1.44. The largest absolute Gasteiger partial charge is 0.466 e. The first-order valence-electron chi connectivity index (χ1n) is 8.53. The molecule has 1 saturated carbocycles. The highest BCUT2D eigenvalue weighted by atomic mass is 32.2. The van der Waals surface area contributed by atoms with Gasteiger partial charge in [-0.15, -0.1) is 5.10 Å². The maximum Gasteiger partial charge on any atom is 0.295 e. The standard InChI is InChI=1S/C18H23N3O2S2/c1-13(2)23-16-20-21-17(25-16)24-11-15(22)19-12-18(9-6-10-18)14-7-4-3-5-8-14/h3-5,7-8,13H,6,9-12H2,1-2H3,(H,19,22).